The Labute approximate surface area is 150 Å². The molecule has 1 rings (SSSR count). The number of nitrogens with two attached hydrogens (primary N) is 1. The van der Waals surface area contributed by atoms with Gasteiger partial charge in [-0.2, -0.15) is 0 Å². The van der Waals surface area contributed by atoms with Crippen molar-refractivity contribution in [3.63, 3.8) is 0 Å². The number of rotatable bonds is 11. The van der Waals surface area contributed by atoms with E-state index in [1.54, 1.807) is 29.1 Å². The second kappa shape index (κ2) is 15.0. The highest BCUT2D eigenvalue weighted by Crippen LogP contribution is 2.01. The number of hydrogen-bond donors (Lipinski definition) is 2. The molecular weight excluding hydrogens is 316 g/mol. The van der Waals surface area contributed by atoms with E-state index in [0.717, 1.165) is 17.8 Å². The van der Waals surface area contributed by atoms with E-state index in [0.29, 0.717) is 13.0 Å². The summed E-state index contributed by atoms with van der Waals surface area (Å²) in [7, 11) is 0. The van der Waals surface area contributed by atoms with Gasteiger partial charge in [0.05, 0.1) is 11.9 Å². The fourth-order valence-electron chi connectivity index (χ4n) is 1.77. The minimum Gasteiger partial charge on any atom is -0.480 e. The van der Waals surface area contributed by atoms with Gasteiger partial charge in [0.2, 0.25) is 0 Å². The highest BCUT2D eigenvalue weighted by atomic mass is 16.5. The van der Waals surface area contributed by atoms with Crippen molar-refractivity contribution in [3.8, 4) is 0 Å². The summed E-state index contributed by atoms with van der Waals surface area (Å²) in [4.78, 5) is 8.37. The number of aliphatic hydroxyl groups is 1. The largest absolute Gasteiger partial charge is 0.480 e. The fraction of sp³-hybridized carbons (Fsp3) is 0.368. The molecule has 0 aromatic carbocycles. The average molecular weight is 346 g/mol. The first-order valence-corrected chi connectivity index (χ1v) is 8.31. The third-order valence-electron chi connectivity index (χ3n) is 2.83. The van der Waals surface area contributed by atoms with Crippen LogP contribution in [0, 0.1) is 0 Å². The van der Waals surface area contributed by atoms with Gasteiger partial charge >= 0.3 is 0 Å². The summed E-state index contributed by atoms with van der Waals surface area (Å²) in [5.74, 6) is 0. The SMILES string of the molecule is C=CC/C(=C/C=[NH2+])N=COCC(O)C[n+]1ccc(CC=C)nc1.CC. The zero-order valence-corrected chi connectivity index (χ0v) is 15.2. The van der Waals surface area contributed by atoms with Crippen LogP contribution in [0.1, 0.15) is 26.0 Å². The maximum absolute atomic E-state index is 9.94. The van der Waals surface area contributed by atoms with Gasteiger partial charge in [0.15, 0.2) is 18.3 Å². The molecular formula is C19H30N4O2+2. The van der Waals surface area contributed by atoms with Crippen molar-refractivity contribution >= 4 is 12.6 Å². The van der Waals surface area contributed by atoms with Gasteiger partial charge in [-0.15, -0.1) is 13.2 Å². The predicted octanol–water partition coefficient (Wildman–Crippen LogP) is 0.820. The first kappa shape index (κ1) is 22.4. The van der Waals surface area contributed by atoms with E-state index in [1.807, 2.05) is 26.1 Å². The molecule has 0 bridgehead atoms. The number of aliphatic hydroxyl groups excluding tert-OH is 1. The summed E-state index contributed by atoms with van der Waals surface area (Å²) in [6.45, 7) is 11.8. The predicted molar refractivity (Wildman–Crippen MR) is 101 cm³/mol. The molecule has 136 valence electrons. The van der Waals surface area contributed by atoms with E-state index >= 15 is 0 Å². The van der Waals surface area contributed by atoms with Crippen LogP contribution in [-0.2, 0) is 17.7 Å². The molecule has 1 aromatic heterocycles. The molecule has 0 fully saturated rings. The second-order valence-corrected chi connectivity index (χ2v) is 4.81. The molecule has 6 nitrogen and oxygen atoms in total. The van der Waals surface area contributed by atoms with Gasteiger partial charge in [-0.1, -0.05) is 31.0 Å². The summed E-state index contributed by atoms with van der Waals surface area (Å²) >= 11 is 0. The number of aromatic nitrogens is 2. The molecule has 0 aliphatic rings. The minimum absolute atomic E-state index is 0.138. The molecule has 1 aromatic rings. The molecule has 1 atom stereocenters. The summed E-state index contributed by atoms with van der Waals surface area (Å²) < 4.78 is 7.03. The van der Waals surface area contributed by atoms with Crippen molar-refractivity contribution in [2.75, 3.05) is 6.61 Å². The molecule has 25 heavy (non-hydrogen) atoms. The summed E-state index contributed by atoms with van der Waals surface area (Å²) in [5, 5.41) is 15.3. The number of ether oxygens (including phenoxy) is 1. The molecule has 6 heteroatoms. The number of nitrogens with zero attached hydrogens (tertiary/aromatic N) is 3. The van der Waals surface area contributed by atoms with Gasteiger partial charge in [-0.25, -0.2) is 9.56 Å². The van der Waals surface area contributed by atoms with Crippen LogP contribution < -0.4 is 9.98 Å². The molecule has 0 aliphatic heterocycles. The van der Waals surface area contributed by atoms with E-state index in [9.17, 15) is 5.11 Å². The van der Waals surface area contributed by atoms with Gasteiger partial charge in [-0.3, -0.25) is 5.41 Å². The van der Waals surface area contributed by atoms with Crippen LogP contribution in [0.2, 0.25) is 0 Å². The molecule has 0 aliphatic carbocycles. The van der Waals surface area contributed by atoms with Crippen LogP contribution in [0.4, 0.5) is 0 Å². The van der Waals surface area contributed by atoms with Gasteiger partial charge in [0, 0.05) is 25.0 Å². The third-order valence-corrected chi connectivity index (χ3v) is 2.83. The molecule has 1 heterocycles. The summed E-state index contributed by atoms with van der Waals surface area (Å²) in [6, 6.07) is 1.90. The average Bonchev–Trinajstić information content (AvgIpc) is 2.63. The highest BCUT2D eigenvalue weighted by molar-refractivity contribution is 5.67. The molecule has 0 radical (unpaired) electrons. The quantitative estimate of drug-likeness (QED) is 0.269. The summed E-state index contributed by atoms with van der Waals surface area (Å²) in [5.41, 5.74) is 1.67. The lowest BCUT2D eigenvalue weighted by molar-refractivity contribution is -0.706. The van der Waals surface area contributed by atoms with Crippen molar-refractivity contribution in [2.24, 2.45) is 4.99 Å². The van der Waals surface area contributed by atoms with Crippen molar-refractivity contribution in [2.45, 2.75) is 39.3 Å². The van der Waals surface area contributed by atoms with Gasteiger partial charge in [0.1, 0.15) is 19.3 Å². The van der Waals surface area contributed by atoms with E-state index in [1.165, 1.54) is 12.6 Å². The Balaban J connectivity index is 0.00000277. The fourth-order valence-corrected chi connectivity index (χ4v) is 1.77. The van der Waals surface area contributed by atoms with Crippen LogP contribution in [0.5, 0.6) is 0 Å². The molecule has 1 unspecified atom stereocenters. The number of allylic oxidation sites excluding steroid dienone is 3. The van der Waals surface area contributed by atoms with Crippen molar-refractivity contribution < 1.29 is 19.8 Å². The van der Waals surface area contributed by atoms with Crippen molar-refractivity contribution in [1.82, 2.24) is 4.98 Å². The molecule has 3 N–H and O–H groups in total. The normalized spacial score (nSPS) is 12.0. The highest BCUT2D eigenvalue weighted by Gasteiger charge is 2.09. The van der Waals surface area contributed by atoms with Crippen LogP contribution in [0.3, 0.4) is 0 Å². The van der Waals surface area contributed by atoms with E-state index in [2.05, 4.69) is 23.1 Å². The topological polar surface area (TPSA) is 84.2 Å². The van der Waals surface area contributed by atoms with Crippen LogP contribution in [0.25, 0.3) is 0 Å². The lowest BCUT2D eigenvalue weighted by atomic mass is 10.3. The molecule has 0 spiro atoms. The Hall–Kier alpha value is -2.60. The summed E-state index contributed by atoms with van der Waals surface area (Å²) in [6.07, 6.45) is 12.1. The monoisotopic (exact) mass is 346 g/mol. The van der Waals surface area contributed by atoms with Crippen LogP contribution in [0.15, 0.2) is 60.7 Å². The first-order chi connectivity index (χ1) is 12.2. The van der Waals surface area contributed by atoms with Crippen molar-refractivity contribution in [3.05, 3.63) is 61.4 Å². The van der Waals surface area contributed by atoms with Gasteiger partial charge in [-0.05, 0) is 0 Å². The lowest BCUT2D eigenvalue weighted by Gasteiger charge is -2.08. The van der Waals surface area contributed by atoms with E-state index in [-0.39, 0.29) is 6.61 Å². The third kappa shape index (κ3) is 10.7. The van der Waals surface area contributed by atoms with Gasteiger partial charge < -0.3 is 9.84 Å². The zero-order valence-electron chi connectivity index (χ0n) is 15.2. The Bertz CT molecular complexity index is 565. The van der Waals surface area contributed by atoms with Crippen LogP contribution >= 0.6 is 0 Å². The second-order valence-electron chi connectivity index (χ2n) is 4.81. The lowest BCUT2D eigenvalue weighted by Crippen LogP contribution is -2.41. The Morgan fingerprint density at radius 2 is 2.20 bits per heavy atom. The first-order valence-electron chi connectivity index (χ1n) is 8.31. The number of hydrogen-bond acceptors (Lipinski definition) is 4. The maximum Gasteiger partial charge on any atom is 0.286 e. The van der Waals surface area contributed by atoms with Gasteiger partial charge in [0.25, 0.3) is 6.33 Å². The Kier molecular flexibility index (Phi) is 13.4. The molecule has 0 amide bonds. The van der Waals surface area contributed by atoms with E-state index < -0.39 is 6.10 Å². The Morgan fingerprint density at radius 1 is 1.44 bits per heavy atom. The van der Waals surface area contributed by atoms with Crippen LogP contribution in [-0.4, -0.2) is 35.4 Å². The molecule has 0 saturated carbocycles. The zero-order chi connectivity index (χ0) is 18.9. The standard InChI is InChI=1S/C17H23N4O2.C2H6/c1-3-5-15(7-9-18)20-14-23-12-17(22)11-21-10-8-16(6-4-2)19-13-21;1-2/h3-4,7-10,13-14,17-18,22H,1-2,5-6,11-12H2;1-2H3/q+1;/p+1/b15-7-,18-9?,20-14?;. The Morgan fingerprint density at radius 3 is 2.76 bits per heavy atom. The smallest absolute Gasteiger partial charge is 0.286 e. The molecule has 0 saturated heterocycles. The van der Waals surface area contributed by atoms with Crippen molar-refractivity contribution in [1.29, 1.82) is 0 Å². The number of aliphatic imine (C=N–C) groups is 1. The maximum atomic E-state index is 9.94. The van der Waals surface area contributed by atoms with E-state index in [4.69, 9.17) is 10.1 Å². The minimum atomic E-state index is -0.661.